The van der Waals surface area contributed by atoms with Crippen LogP contribution < -0.4 is 10.6 Å². The molecule has 2 aromatic carbocycles. The Kier molecular flexibility index (Phi) is 10.8. The van der Waals surface area contributed by atoms with Gasteiger partial charge in [0.2, 0.25) is 5.91 Å². The number of para-hydroxylation sites is 1. The van der Waals surface area contributed by atoms with E-state index in [1.54, 1.807) is 31.7 Å². The van der Waals surface area contributed by atoms with Crippen molar-refractivity contribution in [2.45, 2.75) is 106 Å². The molecule has 0 aliphatic rings. The number of anilines is 1. The average molecular weight is 572 g/mol. The highest BCUT2D eigenvalue weighted by molar-refractivity contribution is 6.34. The molecule has 2 aromatic rings. The highest BCUT2D eigenvalue weighted by Gasteiger charge is 2.43. The molecule has 0 saturated carbocycles. The van der Waals surface area contributed by atoms with Crippen LogP contribution in [0.4, 0.5) is 10.5 Å². The van der Waals surface area contributed by atoms with Gasteiger partial charge in [-0.05, 0) is 85.4 Å². The van der Waals surface area contributed by atoms with Crippen LogP contribution in [0.25, 0.3) is 0 Å². The van der Waals surface area contributed by atoms with Crippen molar-refractivity contribution < 1.29 is 19.1 Å². The summed E-state index contributed by atoms with van der Waals surface area (Å²) in [6.45, 7) is 20.6. The molecule has 0 aliphatic carbocycles. The molecule has 2 rings (SSSR count). The monoisotopic (exact) mass is 571 g/mol. The minimum Gasteiger partial charge on any atom is -0.444 e. The van der Waals surface area contributed by atoms with Crippen LogP contribution in [0.1, 0.15) is 90.1 Å². The van der Waals surface area contributed by atoms with E-state index in [0.29, 0.717) is 22.7 Å². The maximum Gasteiger partial charge on any atom is 0.408 e. The van der Waals surface area contributed by atoms with Gasteiger partial charge in [-0.3, -0.25) is 9.59 Å². The van der Waals surface area contributed by atoms with Crippen molar-refractivity contribution >= 4 is 35.2 Å². The van der Waals surface area contributed by atoms with Crippen LogP contribution in [0.3, 0.4) is 0 Å². The van der Waals surface area contributed by atoms with Crippen LogP contribution in [0, 0.1) is 26.7 Å². The first-order chi connectivity index (χ1) is 18.4. The van der Waals surface area contributed by atoms with E-state index in [9.17, 15) is 14.4 Å². The first-order valence-corrected chi connectivity index (χ1v) is 14.2. The second-order valence-electron chi connectivity index (χ2n) is 12.6. The number of nitrogens with zero attached hydrogens (tertiary/aromatic N) is 1. The van der Waals surface area contributed by atoms with E-state index in [2.05, 4.69) is 10.6 Å². The highest BCUT2D eigenvalue weighted by Crippen LogP contribution is 2.34. The summed E-state index contributed by atoms with van der Waals surface area (Å²) in [6.07, 6.45) is -0.0530. The maximum atomic E-state index is 14.5. The summed E-state index contributed by atoms with van der Waals surface area (Å²) in [7, 11) is 0. The van der Waals surface area contributed by atoms with Crippen molar-refractivity contribution in [3.05, 3.63) is 63.7 Å². The van der Waals surface area contributed by atoms with E-state index in [0.717, 1.165) is 16.7 Å². The lowest BCUT2D eigenvalue weighted by atomic mass is 9.90. The van der Waals surface area contributed by atoms with Crippen LogP contribution >= 0.6 is 11.6 Å². The summed E-state index contributed by atoms with van der Waals surface area (Å²) >= 11 is 6.47. The van der Waals surface area contributed by atoms with Gasteiger partial charge < -0.3 is 20.3 Å². The molecule has 0 aliphatic heterocycles. The Hall–Kier alpha value is -3.06. The molecule has 3 amide bonds. The molecular weight excluding hydrogens is 526 g/mol. The van der Waals surface area contributed by atoms with Crippen molar-refractivity contribution in [2.24, 2.45) is 5.92 Å². The summed E-state index contributed by atoms with van der Waals surface area (Å²) in [6, 6.07) is 9.34. The fourth-order valence-corrected chi connectivity index (χ4v) is 4.95. The zero-order valence-electron chi connectivity index (χ0n) is 25.9. The summed E-state index contributed by atoms with van der Waals surface area (Å²) in [5.74, 6) is -0.994. The van der Waals surface area contributed by atoms with Gasteiger partial charge in [-0.2, -0.15) is 0 Å². The molecule has 0 heterocycles. The topological polar surface area (TPSA) is 87.7 Å². The molecule has 0 spiro atoms. The molecule has 40 heavy (non-hydrogen) atoms. The number of rotatable bonds is 8. The third-order valence-corrected chi connectivity index (χ3v) is 6.96. The Morgan fingerprint density at radius 2 is 1.55 bits per heavy atom. The highest BCUT2D eigenvalue weighted by atomic mass is 35.5. The fraction of sp³-hybridized carbons (Fsp3) is 0.531. The normalized spacial score (nSPS) is 14.1. The average Bonchev–Trinajstić information content (AvgIpc) is 2.79. The molecule has 0 fully saturated rings. The molecule has 0 bridgehead atoms. The Bertz CT molecular complexity index is 1190. The van der Waals surface area contributed by atoms with Gasteiger partial charge in [0, 0.05) is 5.54 Å². The number of aryl methyl sites for hydroxylation is 3. The van der Waals surface area contributed by atoms with Crippen LogP contribution in [0.15, 0.2) is 36.4 Å². The minimum absolute atomic E-state index is 0.223. The van der Waals surface area contributed by atoms with Crippen LogP contribution in [-0.4, -0.2) is 40.0 Å². The molecule has 2 N–H and O–H groups in total. The van der Waals surface area contributed by atoms with Gasteiger partial charge in [0.05, 0.1) is 10.7 Å². The van der Waals surface area contributed by atoms with E-state index in [1.807, 2.05) is 85.7 Å². The standard InChI is InChI=1S/C32H46ClN3O4/c1-12-21(4)26(35-30(39)40-32(9,10)11)29(38)36(31(6,7)8)27(23-17-19(2)16-20(3)18-23)28(37)34-25-22(5)14-13-15-24(25)33/h13-18,21,26-27H,12H2,1-11H3,(H,34,37)(H,35,39). The number of benzene rings is 2. The molecule has 220 valence electrons. The number of alkyl carbamates (subject to hydrolysis) is 1. The van der Waals surface area contributed by atoms with Crippen LogP contribution in [0.5, 0.6) is 0 Å². The number of hydrogen-bond donors (Lipinski definition) is 2. The molecule has 3 atom stereocenters. The van der Waals surface area contributed by atoms with Gasteiger partial charge in [0.15, 0.2) is 0 Å². The summed E-state index contributed by atoms with van der Waals surface area (Å²) < 4.78 is 5.49. The zero-order valence-corrected chi connectivity index (χ0v) is 26.6. The molecule has 8 heteroatoms. The van der Waals surface area contributed by atoms with Gasteiger partial charge in [-0.25, -0.2) is 4.79 Å². The van der Waals surface area contributed by atoms with Crippen molar-refractivity contribution in [1.29, 1.82) is 0 Å². The Morgan fingerprint density at radius 3 is 2.02 bits per heavy atom. The Balaban J connectivity index is 2.70. The van der Waals surface area contributed by atoms with Crippen molar-refractivity contribution in [2.75, 3.05) is 5.32 Å². The van der Waals surface area contributed by atoms with E-state index >= 15 is 0 Å². The van der Waals surface area contributed by atoms with E-state index in [1.165, 1.54) is 0 Å². The predicted octanol–water partition coefficient (Wildman–Crippen LogP) is 7.51. The third-order valence-electron chi connectivity index (χ3n) is 6.65. The smallest absolute Gasteiger partial charge is 0.408 e. The first-order valence-electron chi connectivity index (χ1n) is 13.8. The molecule has 7 nitrogen and oxygen atoms in total. The lowest BCUT2D eigenvalue weighted by Crippen LogP contribution is -2.59. The second-order valence-corrected chi connectivity index (χ2v) is 13.0. The SMILES string of the molecule is CCC(C)C(NC(=O)OC(C)(C)C)C(=O)N(C(C(=O)Nc1c(C)cccc1Cl)c1cc(C)cc(C)c1)C(C)(C)C. The molecule has 3 unspecified atom stereocenters. The van der Waals surface area contributed by atoms with Gasteiger partial charge in [0.1, 0.15) is 17.7 Å². The van der Waals surface area contributed by atoms with Crippen LogP contribution in [0.2, 0.25) is 5.02 Å². The number of halogens is 1. The Morgan fingerprint density at radius 1 is 0.975 bits per heavy atom. The molecule has 0 saturated heterocycles. The number of carbonyl (C=O) groups excluding carboxylic acids is 3. The van der Waals surface area contributed by atoms with Crippen molar-refractivity contribution in [3.63, 3.8) is 0 Å². The third kappa shape index (κ3) is 8.72. The molecule has 0 radical (unpaired) electrons. The van der Waals surface area contributed by atoms with Crippen molar-refractivity contribution in [1.82, 2.24) is 10.2 Å². The van der Waals surface area contributed by atoms with E-state index in [-0.39, 0.29) is 11.8 Å². The number of hydrogen-bond acceptors (Lipinski definition) is 4. The largest absolute Gasteiger partial charge is 0.444 e. The first kappa shape index (κ1) is 33.1. The summed E-state index contributed by atoms with van der Waals surface area (Å²) in [4.78, 5) is 43.2. The van der Waals surface area contributed by atoms with Gasteiger partial charge in [-0.1, -0.05) is 73.3 Å². The fourth-order valence-electron chi connectivity index (χ4n) is 4.68. The van der Waals surface area contributed by atoms with Gasteiger partial charge >= 0.3 is 6.09 Å². The lowest BCUT2D eigenvalue weighted by Gasteiger charge is -2.44. The second kappa shape index (κ2) is 13.1. The minimum atomic E-state index is -1.01. The summed E-state index contributed by atoms with van der Waals surface area (Å²) in [5, 5.41) is 6.22. The van der Waals surface area contributed by atoms with Crippen LogP contribution in [-0.2, 0) is 14.3 Å². The summed E-state index contributed by atoms with van der Waals surface area (Å²) in [5.41, 5.74) is 2.37. The van der Waals surface area contributed by atoms with Crippen molar-refractivity contribution in [3.8, 4) is 0 Å². The van der Waals surface area contributed by atoms with E-state index < -0.39 is 35.2 Å². The molecule has 0 aromatic heterocycles. The number of carbonyl (C=O) groups is 3. The zero-order chi connectivity index (χ0) is 30.6. The number of nitrogens with one attached hydrogen (secondary N) is 2. The lowest BCUT2D eigenvalue weighted by molar-refractivity contribution is -0.147. The number of ether oxygens (including phenoxy) is 1. The quantitative estimate of drug-likeness (QED) is 0.343. The number of amides is 3. The van der Waals surface area contributed by atoms with E-state index in [4.69, 9.17) is 16.3 Å². The maximum absolute atomic E-state index is 14.5. The molecular formula is C32H46ClN3O4. The predicted molar refractivity (Wildman–Crippen MR) is 163 cm³/mol. The Labute approximate surface area is 245 Å². The van der Waals surface area contributed by atoms with Gasteiger partial charge in [0.25, 0.3) is 5.91 Å². The van der Waals surface area contributed by atoms with Gasteiger partial charge in [-0.15, -0.1) is 0 Å².